The number of hydrogen-bond donors (Lipinski definition) is 2. The molecule has 5 heteroatoms. The van der Waals surface area contributed by atoms with E-state index in [1.54, 1.807) is 0 Å². The van der Waals surface area contributed by atoms with Crippen LogP contribution in [0.4, 0.5) is 0 Å². The second-order valence-electron chi connectivity index (χ2n) is 3.16. The number of hydrogen-bond acceptors (Lipinski definition) is 2. The molecule has 0 aliphatic carbocycles. The molecule has 14 heavy (non-hydrogen) atoms. The molecule has 0 amide bonds. The molecule has 1 heterocycles. The van der Waals surface area contributed by atoms with Crippen LogP contribution < -0.4 is 5.73 Å². The van der Waals surface area contributed by atoms with E-state index in [2.05, 4.69) is 41.8 Å². The maximum Gasteiger partial charge on any atom is 0.124 e. The van der Waals surface area contributed by atoms with Gasteiger partial charge in [-0.1, -0.05) is 0 Å². The number of H-pyrrole nitrogens is 1. The highest BCUT2D eigenvalue weighted by Gasteiger charge is 2.10. The van der Waals surface area contributed by atoms with E-state index in [1.807, 2.05) is 19.1 Å². The minimum Gasteiger partial charge on any atom is -0.340 e. The van der Waals surface area contributed by atoms with Gasteiger partial charge in [-0.3, -0.25) is 0 Å². The summed E-state index contributed by atoms with van der Waals surface area (Å²) in [5.41, 5.74) is 7.64. The Bertz CT molecular complexity index is 437. The van der Waals surface area contributed by atoms with E-state index in [0.717, 1.165) is 25.8 Å². The maximum atomic E-state index is 5.75. The fourth-order valence-electron chi connectivity index (χ4n) is 1.26. The summed E-state index contributed by atoms with van der Waals surface area (Å²) in [5, 5.41) is 0. The van der Waals surface area contributed by atoms with E-state index >= 15 is 0 Å². The van der Waals surface area contributed by atoms with E-state index < -0.39 is 0 Å². The van der Waals surface area contributed by atoms with E-state index in [1.165, 1.54) is 0 Å². The Balaban J connectivity index is 2.75. The molecule has 1 aromatic carbocycles. The van der Waals surface area contributed by atoms with Crippen molar-refractivity contribution in [3.8, 4) is 0 Å². The van der Waals surface area contributed by atoms with Gasteiger partial charge in [0.25, 0.3) is 0 Å². The van der Waals surface area contributed by atoms with Crippen LogP contribution in [-0.4, -0.2) is 9.97 Å². The highest BCUT2D eigenvalue weighted by Crippen LogP contribution is 2.29. The third kappa shape index (κ3) is 1.60. The molecule has 2 aromatic rings. The number of benzene rings is 1. The average molecular weight is 319 g/mol. The van der Waals surface area contributed by atoms with Crippen molar-refractivity contribution in [2.45, 2.75) is 13.0 Å². The molecule has 0 aliphatic heterocycles. The van der Waals surface area contributed by atoms with Crippen LogP contribution in [0.15, 0.2) is 21.1 Å². The summed E-state index contributed by atoms with van der Waals surface area (Å²) in [7, 11) is 0. The monoisotopic (exact) mass is 317 g/mol. The number of nitrogens with zero attached hydrogens (tertiary/aromatic N) is 1. The molecule has 0 bridgehead atoms. The van der Waals surface area contributed by atoms with E-state index in [9.17, 15) is 0 Å². The summed E-state index contributed by atoms with van der Waals surface area (Å²) in [6.07, 6.45) is 0. The van der Waals surface area contributed by atoms with Crippen molar-refractivity contribution in [3.05, 3.63) is 26.9 Å². The van der Waals surface area contributed by atoms with Gasteiger partial charge >= 0.3 is 0 Å². The van der Waals surface area contributed by atoms with Gasteiger partial charge in [-0.2, -0.15) is 0 Å². The van der Waals surface area contributed by atoms with E-state index in [0.29, 0.717) is 0 Å². The molecule has 0 unspecified atom stereocenters. The fraction of sp³-hybridized carbons (Fsp3) is 0.222. The normalized spacial score (nSPS) is 13.4. The number of nitrogens with one attached hydrogen (secondary N) is 1. The van der Waals surface area contributed by atoms with E-state index in [-0.39, 0.29) is 6.04 Å². The first-order chi connectivity index (χ1) is 6.59. The molecule has 1 aromatic heterocycles. The highest BCUT2D eigenvalue weighted by atomic mass is 79.9. The minimum atomic E-state index is -0.0822. The van der Waals surface area contributed by atoms with Crippen molar-refractivity contribution >= 4 is 42.9 Å². The Morgan fingerprint density at radius 2 is 2.00 bits per heavy atom. The quantitative estimate of drug-likeness (QED) is 0.849. The Kier molecular flexibility index (Phi) is 2.64. The van der Waals surface area contributed by atoms with Crippen LogP contribution in [0.3, 0.4) is 0 Å². The van der Waals surface area contributed by atoms with Crippen molar-refractivity contribution < 1.29 is 0 Å². The molecule has 74 valence electrons. The van der Waals surface area contributed by atoms with Gasteiger partial charge in [0.2, 0.25) is 0 Å². The lowest BCUT2D eigenvalue weighted by Gasteiger charge is -1.96. The van der Waals surface area contributed by atoms with Crippen molar-refractivity contribution in [2.75, 3.05) is 0 Å². The number of aromatic amines is 1. The SMILES string of the molecule is C[C@@H](N)c1nc2c(Br)ccc(Br)c2[nH]1. The first kappa shape index (κ1) is 10.1. The number of halogens is 2. The fourth-order valence-corrected chi connectivity index (χ4v) is 2.10. The zero-order chi connectivity index (χ0) is 10.3. The number of imidazole rings is 1. The number of nitrogens with two attached hydrogens (primary N) is 1. The summed E-state index contributed by atoms with van der Waals surface area (Å²) in [4.78, 5) is 7.61. The second-order valence-corrected chi connectivity index (χ2v) is 4.87. The zero-order valence-corrected chi connectivity index (χ0v) is 10.7. The minimum absolute atomic E-state index is 0.0822. The molecule has 2 rings (SSSR count). The first-order valence-corrected chi connectivity index (χ1v) is 5.77. The van der Waals surface area contributed by atoms with Crippen LogP contribution in [0.25, 0.3) is 11.0 Å². The van der Waals surface area contributed by atoms with Gasteiger partial charge in [0, 0.05) is 8.95 Å². The number of rotatable bonds is 1. The topological polar surface area (TPSA) is 54.7 Å². The molecule has 0 radical (unpaired) electrons. The summed E-state index contributed by atoms with van der Waals surface area (Å²) in [6, 6.07) is 3.84. The van der Waals surface area contributed by atoms with Gasteiger partial charge < -0.3 is 10.7 Å². The lowest BCUT2D eigenvalue weighted by molar-refractivity contribution is 0.759. The Morgan fingerprint density at radius 3 is 2.57 bits per heavy atom. The van der Waals surface area contributed by atoms with Gasteiger partial charge in [0.15, 0.2) is 0 Å². The number of aromatic nitrogens is 2. The summed E-state index contributed by atoms with van der Waals surface area (Å²) in [5.74, 6) is 0.799. The zero-order valence-electron chi connectivity index (χ0n) is 7.51. The van der Waals surface area contributed by atoms with Crippen molar-refractivity contribution in [2.24, 2.45) is 5.73 Å². The Labute approximate surface area is 98.3 Å². The summed E-state index contributed by atoms with van der Waals surface area (Å²) < 4.78 is 1.97. The highest BCUT2D eigenvalue weighted by molar-refractivity contribution is 9.11. The third-order valence-corrected chi connectivity index (χ3v) is 3.30. The van der Waals surface area contributed by atoms with Gasteiger partial charge in [-0.25, -0.2) is 4.98 Å². The van der Waals surface area contributed by atoms with Crippen LogP contribution in [0.1, 0.15) is 18.8 Å². The van der Waals surface area contributed by atoms with Crippen LogP contribution in [0.5, 0.6) is 0 Å². The van der Waals surface area contributed by atoms with Crippen LogP contribution in [0.2, 0.25) is 0 Å². The summed E-state index contributed by atoms with van der Waals surface area (Å²) in [6.45, 7) is 1.90. The summed E-state index contributed by atoms with van der Waals surface area (Å²) >= 11 is 6.91. The van der Waals surface area contributed by atoms with Crippen LogP contribution in [0, 0.1) is 0 Å². The second kappa shape index (κ2) is 3.64. The van der Waals surface area contributed by atoms with Gasteiger partial charge in [0.1, 0.15) is 11.3 Å². The molecule has 0 fully saturated rings. The molecular formula is C9H9Br2N3. The third-order valence-electron chi connectivity index (χ3n) is 1.99. The Hall–Kier alpha value is -0.390. The van der Waals surface area contributed by atoms with Gasteiger partial charge in [0.05, 0.1) is 11.6 Å². The maximum absolute atomic E-state index is 5.75. The lowest BCUT2D eigenvalue weighted by atomic mass is 10.3. The first-order valence-electron chi connectivity index (χ1n) is 4.19. The predicted octanol–water partition coefficient (Wildman–Crippen LogP) is 3.11. The predicted molar refractivity (Wildman–Crippen MR) is 64.1 cm³/mol. The molecule has 1 atom stereocenters. The average Bonchev–Trinajstić information content (AvgIpc) is 2.57. The molecule has 0 aliphatic rings. The smallest absolute Gasteiger partial charge is 0.124 e. The van der Waals surface area contributed by atoms with E-state index in [4.69, 9.17) is 5.73 Å². The lowest BCUT2D eigenvalue weighted by Crippen LogP contribution is -2.06. The molecule has 0 spiro atoms. The molecule has 3 N–H and O–H groups in total. The van der Waals surface area contributed by atoms with Crippen molar-refractivity contribution in [1.82, 2.24) is 9.97 Å². The standard InChI is InChI=1S/C9H9Br2N3/c1-4(12)9-13-7-5(10)2-3-6(11)8(7)14-9/h2-4H,12H2,1H3,(H,13,14)/t4-/m1/s1. The van der Waals surface area contributed by atoms with Crippen molar-refractivity contribution in [1.29, 1.82) is 0 Å². The molecule has 3 nitrogen and oxygen atoms in total. The Morgan fingerprint density at radius 1 is 1.36 bits per heavy atom. The van der Waals surface area contributed by atoms with Gasteiger partial charge in [-0.05, 0) is 50.9 Å². The van der Waals surface area contributed by atoms with Crippen LogP contribution in [-0.2, 0) is 0 Å². The molecule has 0 saturated carbocycles. The van der Waals surface area contributed by atoms with Crippen molar-refractivity contribution in [3.63, 3.8) is 0 Å². The van der Waals surface area contributed by atoms with Crippen LogP contribution >= 0.6 is 31.9 Å². The largest absolute Gasteiger partial charge is 0.340 e. The molecular weight excluding hydrogens is 310 g/mol. The number of fused-ring (bicyclic) bond motifs is 1. The van der Waals surface area contributed by atoms with Gasteiger partial charge in [-0.15, -0.1) is 0 Å². The molecule has 0 saturated heterocycles.